The van der Waals surface area contributed by atoms with Gasteiger partial charge in [-0.05, 0) is 31.6 Å². The average Bonchev–Trinajstić information content (AvgIpc) is 2.42. The van der Waals surface area contributed by atoms with E-state index in [2.05, 4.69) is 0 Å². The fourth-order valence-electron chi connectivity index (χ4n) is 2.75. The van der Waals surface area contributed by atoms with E-state index in [9.17, 15) is 10.2 Å². The Balaban J connectivity index is 2.10. The summed E-state index contributed by atoms with van der Waals surface area (Å²) >= 11 is 0. The quantitative estimate of drug-likeness (QED) is 0.577. The Morgan fingerprint density at radius 3 is 2.67 bits per heavy atom. The lowest BCUT2D eigenvalue weighted by molar-refractivity contribution is -0.0789. The Morgan fingerprint density at radius 1 is 1.08 bits per heavy atom. The molecule has 2 aliphatic rings. The van der Waals surface area contributed by atoms with E-state index in [4.69, 9.17) is 0 Å². The van der Waals surface area contributed by atoms with Crippen LogP contribution in [0.4, 0.5) is 0 Å². The smallest absolute Gasteiger partial charge is 0.0908 e. The Kier molecular flexibility index (Phi) is 2.13. The molecule has 0 radical (unpaired) electrons. The second kappa shape index (κ2) is 3.00. The molecule has 0 heterocycles. The second-order valence-corrected chi connectivity index (χ2v) is 4.51. The zero-order valence-electron chi connectivity index (χ0n) is 7.50. The van der Waals surface area contributed by atoms with Gasteiger partial charge in [0.1, 0.15) is 0 Å². The van der Waals surface area contributed by atoms with Gasteiger partial charge < -0.3 is 10.2 Å². The molecule has 0 spiro atoms. The summed E-state index contributed by atoms with van der Waals surface area (Å²) in [6, 6.07) is 0. The van der Waals surface area contributed by atoms with Crippen molar-refractivity contribution in [3.05, 3.63) is 0 Å². The minimum absolute atomic E-state index is 0.456. The van der Waals surface area contributed by atoms with Crippen LogP contribution in [0.1, 0.15) is 44.9 Å². The number of hydrogen-bond donors (Lipinski definition) is 2. The van der Waals surface area contributed by atoms with Gasteiger partial charge in [0.25, 0.3) is 0 Å². The first-order chi connectivity index (χ1) is 5.71. The van der Waals surface area contributed by atoms with Gasteiger partial charge in [-0.3, -0.25) is 0 Å². The fourth-order valence-corrected chi connectivity index (χ4v) is 2.75. The van der Waals surface area contributed by atoms with Crippen LogP contribution >= 0.6 is 0 Å². The molecule has 0 aromatic carbocycles. The Labute approximate surface area is 73.6 Å². The monoisotopic (exact) mass is 170 g/mol. The van der Waals surface area contributed by atoms with Crippen LogP contribution in [0.5, 0.6) is 0 Å². The van der Waals surface area contributed by atoms with Crippen LogP contribution in [0.15, 0.2) is 0 Å². The van der Waals surface area contributed by atoms with Gasteiger partial charge >= 0.3 is 0 Å². The summed E-state index contributed by atoms with van der Waals surface area (Å²) in [6.07, 6.45) is 6.69. The van der Waals surface area contributed by atoms with E-state index in [0.29, 0.717) is 5.92 Å². The first-order valence-corrected chi connectivity index (χ1v) is 5.11. The molecule has 0 saturated heterocycles. The summed E-state index contributed by atoms with van der Waals surface area (Å²) in [7, 11) is 0. The van der Waals surface area contributed by atoms with E-state index >= 15 is 0 Å². The van der Waals surface area contributed by atoms with Crippen molar-refractivity contribution in [3.63, 3.8) is 0 Å². The minimum atomic E-state index is -0.717. The predicted octanol–water partition coefficient (Wildman–Crippen LogP) is 1.45. The van der Waals surface area contributed by atoms with Crippen molar-refractivity contribution in [2.24, 2.45) is 5.92 Å². The van der Waals surface area contributed by atoms with E-state index in [0.717, 1.165) is 32.1 Å². The third-order valence-electron chi connectivity index (χ3n) is 3.59. The van der Waals surface area contributed by atoms with Crippen LogP contribution in [0.2, 0.25) is 0 Å². The number of hydrogen-bond acceptors (Lipinski definition) is 2. The van der Waals surface area contributed by atoms with Crippen molar-refractivity contribution in [2.75, 3.05) is 0 Å². The summed E-state index contributed by atoms with van der Waals surface area (Å²) in [4.78, 5) is 0. The van der Waals surface area contributed by atoms with Crippen molar-refractivity contribution in [3.8, 4) is 0 Å². The summed E-state index contributed by atoms with van der Waals surface area (Å²) < 4.78 is 0. The van der Waals surface area contributed by atoms with E-state index < -0.39 is 11.7 Å². The van der Waals surface area contributed by atoms with Gasteiger partial charge in [-0.2, -0.15) is 0 Å². The minimum Gasteiger partial charge on any atom is -0.390 e. The lowest BCUT2D eigenvalue weighted by Gasteiger charge is -2.30. The Hall–Kier alpha value is -0.0800. The molecule has 2 fully saturated rings. The van der Waals surface area contributed by atoms with E-state index in [1.807, 2.05) is 0 Å². The van der Waals surface area contributed by atoms with Gasteiger partial charge in [-0.1, -0.05) is 19.3 Å². The highest BCUT2D eigenvalue weighted by Crippen LogP contribution is 2.42. The lowest BCUT2D eigenvalue weighted by atomic mass is 9.86. The molecule has 0 amide bonds. The molecule has 3 unspecified atom stereocenters. The highest BCUT2D eigenvalue weighted by molar-refractivity contribution is 4.95. The summed E-state index contributed by atoms with van der Waals surface area (Å²) in [5, 5.41) is 19.8. The van der Waals surface area contributed by atoms with Crippen LogP contribution in [0, 0.1) is 5.92 Å². The molecule has 12 heavy (non-hydrogen) atoms. The molecular formula is C10H18O2. The maximum Gasteiger partial charge on any atom is 0.0908 e. The fraction of sp³-hybridized carbons (Fsp3) is 1.00. The number of fused-ring (bicyclic) bond motifs is 2. The second-order valence-electron chi connectivity index (χ2n) is 4.51. The molecule has 0 aromatic heterocycles. The van der Waals surface area contributed by atoms with Gasteiger partial charge in [0.15, 0.2) is 0 Å². The van der Waals surface area contributed by atoms with Gasteiger partial charge in [-0.25, -0.2) is 0 Å². The summed E-state index contributed by atoms with van der Waals surface area (Å²) in [6.45, 7) is 0. The van der Waals surface area contributed by atoms with Crippen molar-refractivity contribution >= 4 is 0 Å². The van der Waals surface area contributed by atoms with Gasteiger partial charge in [0.05, 0.1) is 11.7 Å². The predicted molar refractivity (Wildman–Crippen MR) is 46.8 cm³/mol. The lowest BCUT2D eigenvalue weighted by Crippen LogP contribution is -2.40. The zero-order valence-corrected chi connectivity index (χ0v) is 7.50. The van der Waals surface area contributed by atoms with Crippen LogP contribution in [0.25, 0.3) is 0 Å². The first-order valence-electron chi connectivity index (χ1n) is 5.11. The summed E-state index contributed by atoms with van der Waals surface area (Å²) in [5.74, 6) is 0.685. The average molecular weight is 170 g/mol. The first kappa shape index (κ1) is 8.52. The van der Waals surface area contributed by atoms with Gasteiger partial charge in [0.2, 0.25) is 0 Å². The third-order valence-corrected chi connectivity index (χ3v) is 3.59. The molecule has 0 aliphatic heterocycles. The zero-order chi connectivity index (χ0) is 8.60. The van der Waals surface area contributed by atoms with E-state index in [1.54, 1.807) is 0 Å². The summed E-state index contributed by atoms with van der Waals surface area (Å²) in [5.41, 5.74) is -0.717. The molecule has 2 aliphatic carbocycles. The highest BCUT2D eigenvalue weighted by atomic mass is 16.3. The molecule has 2 bridgehead atoms. The number of aliphatic hydroxyl groups excluding tert-OH is 1. The molecule has 2 rings (SSSR count). The molecule has 2 saturated carbocycles. The van der Waals surface area contributed by atoms with Crippen molar-refractivity contribution < 1.29 is 10.2 Å². The van der Waals surface area contributed by atoms with E-state index in [1.165, 1.54) is 12.8 Å². The molecule has 2 heteroatoms. The van der Waals surface area contributed by atoms with Crippen LogP contribution < -0.4 is 0 Å². The van der Waals surface area contributed by atoms with Crippen molar-refractivity contribution in [1.82, 2.24) is 0 Å². The van der Waals surface area contributed by atoms with Crippen LogP contribution in [-0.2, 0) is 0 Å². The Bertz CT molecular complexity index is 169. The molecule has 2 N–H and O–H groups in total. The number of rotatable bonds is 0. The van der Waals surface area contributed by atoms with Crippen LogP contribution in [-0.4, -0.2) is 21.9 Å². The largest absolute Gasteiger partial charge is 0.390 e. The standard InChI is InChI=1S/C10H18O2/c11-9-4-2-1-3-8-5-6-10(9,12)7-8/h8-9,11-12H,1-7H2. The molecule has 0 aromatic rings. The molecular weight excluding hydrogens is 152 g/mol. The SMILES string of the molecule is OC1CCCCC2CCC1(O)C2. The maximum atomic E-state index is 10.0. The van der Waals surface area contributed by atoms with Crippen LogP contribution in [0.3, 0.4) is 0 Å². The third kappa shape index (κ3) is 1.38. The van der Waals surface area contributed by atoms with Crippen molar-refractivity contribution in [1.29, 1.82) is 0 Å². The maximum absolute atomic E-state index is 10.0. The van der Waals surface area contributed by atoms with Gasteiger partial charge in [0, 0.05) is 0 Å². The topological polar surface area (TPSA) is 40.5 Å². The highest BCUT2D eigenvalue weighted by Gasteiger charge is 2.43. The molecule has 2 nitrogen and oxygen atoms in total. The number of aliphatic hydroxyl groups is 2. The van der Waals surface area contributed by atoms with Gasteiger partial charge in [-0.15, -0.1) is 0 Å². The van der Waals surface area contributed by atoms with E-state index in [-0.39, 0.29) is 0 Å². The molecule has 70 valence electrons. The molecule has 3 atom stereocenters. The normalized spacial score (nSPS) is 48.5. The van der Waals surface area contributed by atoms with Crippen molar-refractivity contribution in [2.45, 2.75) is 56.7 Å². The Morgan fingerprint density at radius 2 is 1.83 bits per heavy atom.